The van der Waals surface area contributed by atoms with Crippen molar-refractivity contribution in [1.29, 1.82) is 0 Å². The highest BCUT2D eigenvalue weighted by atomic mass is 16.2. The van der Waals surface area contributed by atoms with Gasteiger partial charge in [-0.15, -0.1) is 0 Å². The first-order valence-electron chi connectivity index (χ1n) is 8.38. The van der Waals surface area contributed by atoms with Gasteiger partial charge in [0.15, 0.2) is 0 Å². The molecule has 1 aromatic heterocycles. The highest BCUT2D eigenvalue weighted by molar-refractivity contribution is 5.74. The van der Waals surface area contributed by atoms with E-state index in [1.165, 1.54) is 11.1 Å². The van der Waals surface area contributed by atoms with Gasteiger partial charge < -0.3 is 10.2 Å². The number of aromatic nitrogens is 2. The van der Waals surface area contributed by atoms with E-state index >= 15 is 0 Å². The number of aryl methyl sites for hydroxylation is 2. The lowest BCUT2D eigenvalue weighted by atomic mass is 10.1. The molecule has 0 unspecified atom stereocenters. The van der Waals surface area contributed by atoms with Gasteiger partial charge in [0.25, 0.3) is 0 Å². The molecular weight excluding hydrogens is 302 g/mol. The maximum absolute atomic E-state index is 12.3. The Labute approximate surface area is 143 Å². The van der Waals surface area contributed by atoms with Crippen LogP contribution in [0.2, 0.25) is 0 Å². The number of hydrogen-bond donors (Lipinski definition) is 1. The average Bonchev–Trinajstić information content (AvgIpc) is 2.99. The smallest absolute Gasteiger partial charge is 0.317 e. The quantitative estimate of drug-likeness (QED) is 0.931. The molecule has 24 heavy (non-hydrogen) atoms. The van der Waals surface area contributed by atoms with Gasteiger partial charge in [0.2, 0.25) is 0 Å². The molecule has 1 aromatic carbocycles. The van der Waals surface area contributed by atoms with Gasteiger partial charge in [0.05, 0.1) is 6.20 Å². The highest BCUT2D eigenvalue weighted by Crippen LogP contribution is 2.10. The number of amides is 2. The lowest BCUT2D eigenvalue weighted by molar-refractivity contribution is 0.135. The Bertz CT molecular complexity index is 688. The van der Waals surface area contributed by atoms with Crippen LogP contribution in [0.4, 0.5) is 4.79 Å². The van der Waals surface area contributed by atoms with Crippen molar-refractivity contribution in [2.75, 3.05) is 26.2 Å². The standard InChI is InChI=1S/C18H25N5O/c1-15-4-3-5-16(10-15)14-22-6-8-23(9-7-22)18(24)19-11-17-12-20-21(2)13-17/h3-5,10,12-13H,6-9,11,14H2,1-2H3,(H,19,24). The second kappa shape index (κ2) is 7.49. The molecule has 2 amide bonds. The van der Waals surface area contributed by atoms with Gasteiger partial charge >= 0.3 is 6.03 Å². The van der Waals surface area contributed by atoms with E-state index in [4.69, 9.17) is 0 Å². The van der Waals surface area contributed by atoms with Crippen LogP contribution in [0.5, 0.6) is 0 Å². The van der Waals surface area contributed by atoms with E-state index in [0.717, 1.165) is 38.3 Å². The molecule has 1 fully saturated rings. The second-order valence-electron chi connectivity index (χ2n) is 6.43. The molecule has 0 atom stereocenters. The van der Waals surface area contributed by atoms with Crippen molar-refractivity contribution in [2.24, 2.45) is 7.05 Å². The van der Waals surface area contributed by atoms with Gasteiger partial charge in [0, 0.05) is 58.1 Å². The molecule has 3 rings (SSSR count). The summed E-state index contributed by atoms with van der Waals surface area (Å²) in [6, 6.07) is 8.63. The van der Waals surface area contributed by atoms with Crippen LogP contribution in [0.25, 0.3) is 0 Å². The molecule has 0 spiro atoms. The fraction of sp³-hybridized carbons (Fsp3) is 0.444. The maximum Gasteiger partial charge on any atom is 0.317 e. The first-order chi connectivity index (χ1) is 11.6. The Morgan fingerprint density at radius 2 is 2.00 bits per heavy atom. The molecule has 2 heterocycles. The Hall–Kier alpha value is -2.34. The number of benzene rings is 1. The molecule has 6 heteroatoms. The summed E-state index contributed by atoms with van der Waals surface area (Å²) in [5.41, 5.74) is 3.65. The Morgan fingerprint density at radius 1 is 1.21 bits per heavy atom. The van der Waals surface area contributed by atoms with E-state index in [9.17, 15) is 4.79 Å². The number of carbonyl (C=O) groups is 1. The van der Waals surface area contributed by atoms with E-state index in [1.807, 2.05) is 18.1 Å². The van der Waals surface area contributed by atoms with Crippen LogP contribution in [0.1, 0.15) is 16.7 Å². The van der Waals surface area contributed by atoms with Crippen molar-refractivity contribution in [3.05, 3.63) is 53.3 Å². The van der Waals surface area contributed by atoms with Crippen LogP contribution in [0.3, 0.4) is 0 Å². The number of rotatable bonds is 4. The van der Waals surface area contributed by atoms with E-state index in [1.54, 1.807) is 10.9 Å². The first-order valence-corrected chi connectivity index (χ1v) is 8.38. The molecule has 0 saturated carbocycles. The number of nitrogens with zero attached hydrogens (tertiary/aromatic N) is 4. The summed E-state index contributed by atoms with van der Waals surface area (Å²) in [6.07, 6.45) is 3.69. The zero-order chi connectivity index (χ0) is 16.9. The Balaban J connectivity index is 1.43. The second-order valence-corrected chi connectivity index (χ2v) is 6.43. The van der Waals surface area contributed by atoms with Crippen LogP contribution < -0.4 is 5.32 Å². The normalized spacial score (nSPS) is 15.5. The van der Waals surface area contributed by atoms with Gasteiger partial charge in [-0.1, -0.05) is 29.8 Å². The zero-order valence-corrected chi connectivity index (χ0v) is 14.4. The van der Waals surface area contributed by atoms with Crippen molar-refractivity contribution >= 4 is 6.03 Å². The molecule has 128 valence electrons. The van der Waals surface area contributed by atoms with Gasteiger partial charge in [-0.25, -0.2) is 4.79 Å². The monoisotopic (exact) mass is 327 g/mol. The zero-order valence-electron chi connectivity index (χ0n) is 14.4. The molecule has 1 saturated heterocycles. The summed E-state index contributed by atoms with van der Waals surface area (Å²) >= 11 is 0. The average molecular weight is 327 g/mol. The lowest BCUT2D eigenvalue weighted by Gasteiger charge is -2.34. The van der Waals surface area contributed by atoms with Crippen LogP contribution in [0.15, 0.2) is 36.7 Å². The largest absolute Gasteiger partial charge is 0.334 e. The van der Waals surface area contributed by atoms with Crippen LogP contribution in [0, 0.1) is 6.92 Å². The molecule has 0 bridgehead atoms. The Kier molecular flexibility index (Phi) is 5.15. The summed E-state index contributed by atoms with van der Waals surface area (Å²) in [5.74, 6) is 0. The number of hydrogen-bond acceptors (Lipinski definition) is 3. The minimum absolute atomic E-state index is 0.00839. The van der Waals surface area contributed by atoms with Crippen molar-refractivity contribution in [1.82, 2.24) is 24.9 Å². The van der Waals surface area contributed by atoms with Gasteiger partial charge in [-0.3, -0.25) is 9.58 Å². The van der Waals surface area contributed by atoms with Crippen LogP contribution in [-0.4, -0.2) is 51.8 Å². The van der Waals surface area contributed by atoms with Gasteiger partial charge in [-0.2, -0.15) is 5.10 Å². The van der Waals surface area contributed by atoms with Crippen LogP contribution >= 0.6 is 0 Å². The van der Waals surface area contributed by atoms with Crippen molar-refractivity contribution in [2.45, 2.75) is 20.0 Å². The minimum atomic E-state index is 0.00839. The maximum atomic E-state index is 12.3. The van der Waals surface area contributed by atoms with E-state index in [2.05, 4.69) is 46.5 Å². The molecule has 0 aliphatic carbocycles. The Morgan fingerprint density at radius 3 is 2.67 bits per heavy atom. The fourth-order valence-corrected chi connectivity index (χ4v) is 3.03. The summed E-state index contributed by atoms with van der Waals surface area (Å²) in [5, 5.41) is 7.08. The number of urea groups is 1. The van der Waals surface area contributed by atoms with Crippen LogP contribution in [-0.2, 0) is 20.1 Å². The van der Waals surface area contributed by atoms with E-state index in [-0.39, 0.29) is 6.03 Å². The topological polar surface area (TPSA) is 53.4 Å². The molecule has 2 aromatic rings. The third-order valence-corrected chi connectivity index (χ3v) is 4.35. The van der Waals surface area contributed by atoms with E-state index in [0.29, 0.717) is 6.54 Å². The SMILES string of the molecule is Cc1cccc(CN2CCN(C(=O)NCc3cnn(C)c3)CC2)c1. The fourth-order valence-electron chi connectivity index (χ4n) is 3.03. The molecular formula is C18H25N5O. The minimum Gasteiger partial charge on any atom is -0.334 e. The number of carbonyl (C=O) groups excluding carboxylic acids is 1. The van der Waals surface area contributed by atoms with Crippen molar-refractivity contribution in [3.63, 3.8) is 0 Å². The highest BCUT2D eigenvalue weighted by Gasteiger charge is 2.20. The molecule has 1 aliphatic rings. The predicted octanol–water partition coefficient (Wildman–Crippen LogP) is 1.76. The van der Waals surface area contributed by atoms with Gasteiger partial charge in [-0.05, 0) is 12.5 Å². The molecule has 1 N–H and O–H groups in total. The lowest BCUT2D eigenvalue weighted by Crippen LogP contribution is -2.51. The molecule has 1 aliphatic heterocycles. The molecule has 6 nitrogen and oxygen atoms in total. The first kappa shape index (κ1) is 16.5. The third-order valence-electron chi connectivity index (χ3n) is 4.35. The van der Waals surface area contributed by atoms with E-state index < -0.39 is 0 Å². The summed E-state index contributed by atoms with van der Waals surface area (Å²) in [6.45, 7) is 6.95. The molecule has 0 radical (unpaired) electrons. The van der Waals surface area contributed by atoms with Crippen molar-refractivity contribution < 1.29 is 4.79 Å². The predicted molar refractivity (Wildman–Crippen MR) is 93.5 cm³/mol. The summed E-state index contributed by atoms with van der Waals surface area (Å²) in [7, 11) is 1.87. The summed E-state index contributed by atoms with van der Waals surface area (Å²) in [4.78, 5) is 16.6. The summed E-state index contributed by atoms with van der Waals surface area (Å²) < 4.78 is 1.74. The number of piperazine rings is 1. The number of nitrogens with one attached hydrogen (secondary N) is 1. The third kappa shape index (κ3) is 4.35. The van der Waals surface area contributed by atoms with Gasteiger partial charge in [0.1, 0.15) is 0 Å². The van der Waals surface area contributed by atoms with Crippen molar-refractivity contribution in [3.8, 4) is 0 Å².